The maximum Gasteiger partial charge on any atom is 0.234 e. The Morgan fingerprint density at radius 2 is 1.56 bits per heavy atom. The summed E-state index contributed by atoms with van der Waals surface area (Å²) in [6, 6.07) is 24.4. The van der Waals surface area contributed by atoms with Gasteiger partial charge >= 0.3 is 0 Å². The van der Waals surface area contributed by atoms with Crippen LogP contribution in [-0.4, -0.2) is 45.0 Å². The lowest BCUT2D eigenvalue weighted by Crippen LogP contribution is -2.43. The number of hydrogen-bond donors (Lipinski definition) is 1. The quantitative estimate of drug-likeness (QED) is 0.508. The van der Waals surface area contributed by atoms with Crippen molar-refractivity contribution >= 4 is 17.1 Å². The lowest BCUT2D eigenvalue weighted by molar-refractivity contribution is -0.123. The number of amides is 1. The molecule has 3 heterocycles. The summed E-state index contributed by atoms with van der Waals surface area (Å²) in [4.78, 5) is 24.2. The van der Waals surface area contributed by atoms with Gasteiger partial charge in [-0.05, 0) is 36.1 Å². The maximum absolute atomic E-state index is 13.0. The molecule has 1 amide bonds. The van der Waals surface area contributed by atoms with E-state index in [0.29, 0.717) is 12.6 Å². The van der Waals surface area contributed by atoms with Crippen molar-refractivity contribution < 1.29 is 4.79 Å². The largest absolute Gasteiger partial charge is 0.344 e. The highest BCUT2D eigenvalue weighted by Gasteiger charge is 2.24. The fourth-order valence-corrected chi connectivity index (χ4v) is 4.55. The van der Waals surface area contributed by atoms with Crippen molar-refractivity contribution in [3.8, 4) is 0 Å². The number of rotatable bonds is 6. The first-order chi connectivity index (χ1) is 15.8. The van der Waals surface area contributed by atoms with E-state index < -0.39 is 0 Å². The SMILES string of the molecule is O=C(CN1CCC(n2cnc3cccnc32)CC1)NC(c1ccccc1)c1ccccc1. The third-order valence-corrected chi connectivity index (χ3v) is 6.22. The van der Waals surface area contributed by atoms with Crippen LogP contribution in [0.5, 0.6) is 0 Å². The summed E-state index contributed by atoms with van der Waals surface area (Å²) < 4.78 is 2.19. The van der Waals surface area contributed by atoms with Crippen molar-refractivity contribution in [1.82, 2.24) is 24.8 Å². The highest BCUT2D eigenvalue weighted by atomic mass is 16.2. The number of benzene rings is 2. The molecule has 0 saturated carbocycles. The van der Waals surface area contributed by atoms with Gasteiger partial charge < -0.3 is 9.88 Å². The topological polar surface area (TPSA) is 63.1 Å². The minimum absolute atomic E-state index is 0.0518. The summed E-state index contributed by atoms with van der Waals surface area (Å²) in [6.07, 6.45) is 5.68. The number of carbonyl (C=O) groups is 1. The van der Waals surface area contributed by atoms with Crippen LogP contribution in [0.25, 0.3) is 11.2 Å². The second-order valence-corrected chi connectivity index (χ2v) is 8.33. The van der Waals surface area contributed by atoms with Crippen LogP contribution in [-0.2, 0) is 4.79 Å². The number of nitrogens with one attached hydrogen (secondary N) is 1. The van der Waals surface area contributed by atoms with E-state index in [1.54, 1.807) is 0 Å². The van der Waals surface area contributed by atoms with Gasteiger partial charge in [-0.25, -0.2) is 9.97 Å². The van der Waals surface area contributed by atoms with E-state index in [4.69, 9.17) is 0 Å². The van der Waals surface area contributed by atoms with E-state index in [-0.39, 0.29) is 11.9 Å². The molecule has 0 atom stereocenters. The van der Waals surface area contributed by atoms with Crippen LogP contribution < -0.4 is 5.32 Å². The highest BCUT2D eigenvalue weighted by Crippen LogP contribution is 2.26. The summed E-state index contributed by atoms with van der Waals surface area (Å²) in [7, 11) is 0. The van der Waals surface area contributed by atoms with Crippen LogP contribution in [0.3, 0.4) is 0 Å². The summed E-state index contributed by atoms with van der Waals surface area (Å²) in [6.45, 7) is 2.17. The molecule has 0 radical (unpaired) electrons. The lowest BCUT2D eigenvalue weighted by atomic mass is 9.98. The van der Waals surface area contributed by atoms with Crippen molar-refractivity contribution in [2.45, 2.75) is 24.9 Å². The van der Waals surface area contributed by atoms with Gasteiger partial charge in [-0.15, -0.1) is 0 Å². The number of imidazole rings is 1. The minimum atomic E-state index is -0.147. The Labute approximate surface area is 187 Å². The number of nitrogens with zero attached hydrogens (tertiary/aromatic N) is 4. The van der Waals surface area contributed by atoms with Gasteiger partial charge in [-0.2, -0.15) is 0 Å². The molecule has 0 spiro atoms. The van der Waals surface area contributed by atoms with Gasteiger partial charge in [0.2, 0.25) is 5.91 Å². The monoisotopic (exact) mass is 425 g/mol. The van der Waals surface area contributed by atoms with E-state index >= 15 is 0 Å². The summed E-state index contributed by atoms with van der Waals surface area (Å²) in [5.41, 5.74) is 4.05. The van der Waals surface area contributed by atoms with Crippen LogP contribution >= 0.6 is 0 Å². The molecular formula is C26H27N5O. The molecule has 1 saturated heterocycles. The molecule has 162 valence electrons. The summed E-state index contributed by atoms with van der Waals surface area (Å²) >= 11 is 0. The molecule has 4 aromatic rings. The average Bonchev–Trinajstić information content (AvgIpc) is 3.28. The second kappa shape index (κ2) is 9.32. The fraction of sp³-hybridized carbons (Fsp3) is 0.269. The highest BCUT2D eigenvalue weighted by molar-refractivity contribution is 5.79. The molecule has 0 aliphatic carbocycles. The zero-order valence-corrected chi connectivity index (χ0v) is 18.0. The molecule has 1 fully saturated rings. The number of pyridine rings is 1. The fourth-order valence-electron chi connectivity index (χ4n) is 4.55. The van der Waals surface area contributed by atoms with Gasteiger partial charge in [0.15, 0.2) is 5.65 Å². The zero-order chi connectivity index (χ0) is 21.8. The third-order valence-electron chi connectivity index (χ3n) is 6.22. The number of hydrogen-bond acceptors (Lipinski definition) is 4. The van der Waals surface area contributed by atoms with Crippen LogP contribution in [0.15, 0.2) is 85.3 Å². The predicted molar refractivity (Wildman–Crippen MR) is 125 cm³/mol. The number of aromatic nitrogens is 3. The smallest absolute Gasteiger partial charge is 0.234 e. The molecule has 0 bridgehead atoms. The van der Waals surface area contributed by atoms with Crippen LogP contribution in [0.2, 0.25) is 0 Å². The molecular weight excluding hydrogens is 398 g/mol. The van der Waals surface area contributed by atoms with Gasteiger partial charge in [0, 0.05) is 25.3 Å². The minimum Gasteiger partial charge on any atom is -0.344 e. The lowest BCUT2D eigenvalue weighted by Gasteiger charge is -2.32. The number of piperidine rings is 1. The molecule has 5 rings (SSSR count). The second-order valence-electron chi connectivity index (χ2n) is 8.33. The van der Waals surface area contributed by atoms with Crippen LogP contribution in [0, 0.1) is 0 Å². The predicted octanol–water partition coefficient (Wildman–Crippen LogP) is 3.97. The Bertz CT molecular complexity index is 1130. The molecule has 32 heavy (non-hydrogen) atoms. The van der Waals surface area contributed by atoms with E-state index in [0.717, 1.165) is 48.2 Å². The zero-order valence-electron chi connectivity index (χ0n) is 18.0. The molecule has 2 aromatic carbocycles. The Balaban J connectivity index is 1.21. The van der Waals surface area contributed by atoms with Crippen molar-refractivity contribution in [2.24, 2.45) is 0 Å². The molecule has 1 N–H and O–H groups in total. The Morgan fingerprint density at radius 3 is 2.22 bits per heavy atom. The molecule has 1 aliphatic heterocycles. The number of likely N-dealkylation sites (tertiary alicyclic amines) is 1. The maximum atomic E-state index is 13.0. The van der Waals surface area contributed by atoms with Crippen LogP contribution in [0.4, 0.5) is 0 Å². The standard InChI is InChI=1S/C26H27N5O/c32-24(29-25(20-8-3-1-4-9-20)21-10-5-2-6-11-21)18-30-16-13-22(14-17-30)31-19-28-23-12-7-15-27-26(23)31/h1-12,15,19,22,25H,13-14,16-18H2,(H,29,32). The summed E-state index contributed by atoms with van der Waals surface area (Å²) in [5, 5.41) is 3.25. The van der Waals surface area contributed by atoms with E-state index in [2.05, 4.69) is 49.0 Å². The molecule has 2 aromatic heterocycles. The van der Waals surface area contributed by atoms with Crippen molar-refractivity contribution in [3.63, 3.8) is 0 Å². The van der Waals surface area contributed by atoms with Crippen molar-refractivity contribution in [1.29, 1.82) is 0 Å². The van der Waals surface area contributed by atoms with Gasteiger partial charge in [-0.1, -0.05) is 60.7 Å². The van der Waals surface area contributed by atoms with E-state index in [1.165, 1.54) is 0 Å². The molecule has 6 heteroatoms. The first-order valence-corrected chi connectivity index (χ1v) is 11.2. The Kier molecular flexibility index (Phi) is 5.94. The normalized spacial score (nSPS) is 15.3. The van der Waals surface area contributed by atoms with Crippen molar-refractivity contribution in [3.05, 3.63) is 96.4 Å². The number of carbonyl (C=O) groups excluding carboxylic acids is 1. The van der Waals surface area contributed by atoms with E-state index in [1.807, 2.05) is 61.1 Å². The van der Waals surface area contributed by atoms with Gasteiger partial charge in [0.1, 0.15) is 5.52 Å². The summed E-state index contributed by atoms with van der Waals surface area (Å²) in [5.74, 6) is 0.0518. The first-order valence-electron chi connectivity index (χ1n) is 11.2. The van der Waals surface area contributed by atoms with E-state index in [9.17, 15) is 4.79 Å². The third kappa shape index (κ3) is 4.41. The molecule has 6 nitrogen and oxygen atoms in total. The Hall–Kier alpha value is -3.51. The Morgan fingerprint density at radius 1 is 0.906 bits per heavy atom. The van der Waals surface area contributed by atoms with Crippen molar-refractivity contribution in [2.75, 3.05) is 19.6 Å². The van der Waals surface area contributed by atoms with Crippen LogP contribution in [0.1, 0.15) is 36.1 Å². The van der Waals surface area contributed by atoms with Gasteiger partial charge in [0.05, 0.1) is 18.9 Å². The first kappa shape index (κ1) is 20.4. The molecule has 1 aliphatic rings. The van der Waals surface area contributed by atoms with Gasteiger partial charge in [-0.3, -0.25) is 9.69 Å². The number of fused-ring (bicyclic) bond motifs is 1. The average molecular weight is 426 g/mol. The molecule has 0 unspecified atom stereocenters. The van der Waals surface area contributed by atoms with Gasteiger partial charge in [0.25, 0.3) is 0 Å².